The zero-order chi connectivity index (χ0) is 19.5. The van der Waals surface area contributed by atoms with Gasteiger partial charge in [0.25, 0.3) is 5.91 Å². The summed E-state index contributed by atoms with van der Waals surface area (Å²) < 4.78 is 1.71. The molecule has 4 nitrogen and oxygen atoms in total. The molecule has 0 aliphatic rings. The molecule has 146 valence electrons. The smallest absolute Gasteiger partial charge is 0.285 e. The summed E-state index contributed by atoms with van der Waals surface area (Å²) in [6, 6.07) is 13.0. The molecule has 0 atom stereocenters. The van der Waals surface area contributed by atoms with Gasteiger partial charge in [-0.2, -0.15) is 4.53 Å². The van der Waals surface area contributed by atoms with Crippen molar-refractivity contribution in [2.24, 2.45) is 0 Å². The van der Waals surface area contributed by atoms with Gasteiger partial charge in [0.05, 0.1) is 16.1 Å². The van der Waals surface area contributed by atoms with Crippen LogP contribution in [0.15, 0.2) is 48.5 Å². The summed E-state index contributed by atoms with van der Waals surface area (Å²) in [5, 5.41) is 0.792. The number of Topliss-reactive ketones (excluding diaryl/α,β-unsaturated/α-hetero) is 1. The third-order valence-corrected chi connectivity index (χ3v) is 5.26. The molecule has 0 fully saturated rings. The highest BCUT2D eigenvalue weighted by molar-refractivity contribution is 6.35. The summed E-state index contributed by atoms with van der Waals surface area (Å²) in [6.45, 7) is 3.39. The molecule has 2 aromatic rings. The highest BCUT2D eigenvalue weighted by Gasteiger charge is 2.36. The number of halogens is 5. The summed E-state index contributed by atoms with van der Waals surface area (Å²) in [7, 11) is 0. The second-order valence-corrected chi connectivity index (χ2v) is 7.71. The first kappa shape index (κ1) is 24.0. The van der Waals surface area contributed by atoms with Gasteiger partial charge in [-0.15, -0.1) is 16.9 Å². The molecule has 0 spiro atoms. The molecule has 0 bridgehead atoms. The molecule has 0 saturated heterocycles. The molecule has 9 heteroatoms. The van der Waals surface area contributed by atoms with Crippen molar-refractivity contribution in [3.8, 4) is 0 Å². The van der Waals surface area contributed by atoms with Crippen molar-refractivity contribution in [2.75, 3.05) is 0 Å². The number of carbonyl (C=O) groups is 2. The van der Waals surface area contributed by atoms with Gasteiger partial charge in [-0.05, 0) is 50.2 Å². The molecule has 0 saturated carbocycles. The largest absolute Gasteiger partial charge is 0.294 e. The van der Waals surface area contributed by atoms with E-state index in [0.717, 1.165) is 9.06 Å². The highest BCUT2D eigenvalue weighted by atomic mass is 35.5. The van der Waals surface area contributed by atoms with E-state index in [0.29, 0.717) is 10.6 Å². The maximum absolute atomic E-state index is 12.5. The Labute approximate surface area is 184 Å². The van der Waals surface area contributed by atoms with Crippen LogP contribution in [0.5, 0.6) is 0 Å². The molecule has 0 heterocycles. The van der Waals surface area contributed by atoms with Gasteiger partial charge in [-0.3, -0.25) is 9.59 Å². The molecule has 0 radical (unpaired) electrons. The molecule has 2 rings (SSSR count). The Hall–Kier alpha value is -1.01. The molecule has 0 aromatic heterocycles. The van der Waals surface area contributed by atoms with Crippen LogP contribution >= 0.6 is 59.2 Å². The van der Waals surface area contributed by atoms with Crippen molar-refractivity contribution in [1.82, 2.24) is 9.06 Å². The topological polar surface area (TPSA) is 40.6 Å². The first-order valence-corrected chi connectivity index (χ1v) is 9.06. The summed E-state index contributed by atoms with van der Waals surface area (Å²) in [4.78, 5) is 25.0. The van der Waals surface area contributed by atoms with Crippen molar-refractivity contribution in [1.29, 1.82) is 0 Å². The Balaban J connectivity index is 0.00000364. The van der Waals surface area contributed by atoms with Gasteiger partial charge in [0.2, 0.25) is 0 Å². The van der Waals surface area contributed by atoms with E-state index >= 15 is 0 Å². The van der Waals surface area contributed by atoms with Crippen LogP contribution in [0.3, 0.4) is 0 Å². The summed E-state index contributed by atoms with van der Waals surface area (Å²) in [5.74, 6) is -0.758. The van der Waals surface area contributed by atoms with E-state index in [1.165, 1.54) is 6.07 Å². The van der Waals surface area contributed by atoms with Gasteiger partial charge in [-0.1, -0.05) is 35.3 Å². The SMILES string of the molecule is CC(C)(CC(=O)c1ccc(Cl)cc1)N(Cl)N(Cl)C(=O)c1ccccc1Cl.Cl. The van der Waals surface area contributed by atoms with Gasteiger partial charge in [0.1, 0.15) is 0 Å². The molecule has 0 aliphatic carbocycles. The lowest BCUT2D eigenvalue weighted by molar-refractivity contribution is 0.0374. The Bertz CT molecular complexity index is 812. The number of ketones is 1. The Morgan fingerprint density at radius 1 is 0.963 bits per heavy atom. The fraction of sp³-hybridized carbons (Fsp3) is 0.222. The summed E-state index contributed by atoms with van der Waals surface area (Å²) in [5.41, 5.74) is -0.252. The number of carbonyl (C=O) groups excluding carboxylic acids is 2. The zero-order valence-corrected chi connectivity index (χ0v) is 18.3. The van der Waals surface area contributed by atoms with Gasteiger partial charge in [0.15, 0.2) is 5.78 Å². The van der Waals surface area contributed by atoms with Gasteiger partial charge < -0.3 is 0 Å². The normalized spacial score (nSPS) is 11.1. The lowest BCUT2D eigenvalue weighted by Gasteiger charge is -2.36. The minimum atomic E-state index is -0.947. The predicted octanol–water partition coefficient (Wildman–Crippen LogP) is 6.43. The third-order valence-electron chi connectivity index (χ3n) is 3.68. The van der Waals surface area contributed by atoms with E-state index in [2.05, 4.69) is 0 Å². The maximum atomic E-state index is 12.5. The van der Waals surface area contributed by atoms with Crippen molar-refractivity contribution in [2.45, 2.75) is 25.8 Å². The van der Waals surface area contributed by atoms with Crippen LogP contribution in [0.25, 0.3) is 0 Å². The number of amides is 1. The monoisotopic (exact) mass is 468 g/mol. The first-order valence-electron chi connectivity index (χ1n) is 7.63. The number of hydrogen-bond donors (Lipinski definition) is 0. The van der Waals surface area contributed by atoms with Gasteiger partial charge in [-0.25, -0.2) is 0 Å². The van der Waals surface area contributed by atoms with Crippen LogP contribution in [0, 0.1) is 0 Å². The molecule has 0 N–H and O–H groups in total. The predicted molar refractivity (Wildman–Crippen MR) is 113 cm³/mol. The van der Waals surface area contributed by atoms with Crippen LogP contribution in [0.2, 0.25) is 10.0 Å². The molecular weight excluding hydrogens is 453 g/mol. The zero-order valence-electron chi connectivity index (χ0n) is 14.5. The molecule has 1 amide bonds. The van der Waals surface area contributed by atoms with E-state index < -0.39 is 11.4 Å². The number of benzene rings is 2. The highest BCUT2D eigenvalue weighted by Crippen LogP contribution is 2.29. The fourth-order valence-electron chi connectivity index (χ4n) is 2.25. The minimum Gasteiger partial charge on any atom is -0.294 e. The quantitative estimate of drug-likeness (QED) is 0.277. The van der Waals surface area contributed by atoms with Gasteiger partial charge >= 0.3 is 0 Å². The molecule has 0 aliphatic heterocycles. The second-order valence-electron chi connectivity index (χ2n) is 6.22. The van der Waals surface area contributed by atoms with Crippen molar-refractivity contribution < 1.29 is 9.59 Å². The van der Waals surface area contributed by atoms with E-state index in [1.54, 1.807) is 56.3 Å². The number of rotatable bonds is 6. The van der Waals surface area contributed by atoms with Crippen molar-refractivity contribution >= 4 is 70.9 Å². The standard InChI is InChI=1S/C18H16Cl4N2O2.ClH/c1-18(2,11-16(25)12-7-9-13(19)10-8-12)24(22)23(21)17(26)14-5-3-4-6-15(14)20;/h3-10H,11H2,1-2H3;1H. The van der Waals surface area contributed by atoms with E-state index in [9.17, 15) is 9.59 Å². The van der Waals surface area contributed by atoms with Crippen LogP contribution in [0.4, 0.5) is 0 Å². The lowest BCUT2D eigenvalue weighted by atomic mass is 9.95. The van der Waals surface area contributed by atoms with E-state index in [-0.39, 0.29) is 35.2 Å². The van der Waals surface area contributed by atoms with E-state index in [4.69, 9.17) is 46.8 Å². The second kappa shape index (κ2) is 9.97. The van der Waals surface area contributed by atoms with Crippen LogP contribution in [-0.2, 0) is 0 Å². The third kappa shape index (κ3) is 5.98. The molecule has 0 unspecified atom stereocenters. The number of hydrazine groups is 1. The summed E-state index contributed by atoms with van der Waals surface area (Å²) >= 11 is 24.2. The number of hydrogen-bond acceptors (Lipinski definition) is 3. The fourth-order valence-corrected chi connectivity index (χ4v) is 3.01. The van der Waals surface area contributed by atoms with Crippen molar-refractivity contribution in [3.63, 3.8) is 0 Å². The lowest BCUT2D eigenvalue weighted by Crippen LogP contribution is -2.48. The molecular formula is C18H17Cl5N2O2. The average molecular weight is 471 g/mol. The van der Waals surface area contributed by atoms with Crippen LogP contribution < -0.4 is 0 Å². The average Bonchev–Trinajstić information content (AvgIpc) is 2.60. The van der Waals surface area contributed by atoms with Crippen LogP contribution in [-0.4, -0.2) is 26.3 Å². The van der Waals surface area contributed by atoms with Gasteiger partial charge in [0, 0.05) is 40.6 Å². The summed E-state index contributed by atoms with van der Waals surface area (Å²) in [6.07, 6.45) is 0.0250. The van der Waals surface area contributed by atoms with Crippen LogP contribution in [0.1, 0.15) is 41.0 Å². The van der Waals surface area contributed by atoms with Crippen molar-refractivity contribution in [3.05, 3.63) is 69.7 Å². The Kier molecular flexibility index (Phi) is 8.87. The molecule has 2 aromatic carbocycles. The minimum absolute atomic E-state index is 0. The first-order chi connectivity index (χ1) is 12.1. The number of nitrogens with zero attached hydrogens (tertiary/aromatic N) is 2. The van der Waals surface area contributed by atoms with E-state index in [1.807, 2.05) is 0 Å². The Morgan fingerprint density at radius 3 is 2.07 bits per heavy atom. The molecule has 27 heavy (non-hydrogen) atoms. The maximum Gasteiger partial charge on any atom is 0.285 e. The Morgan fingerprint density at radius 2 is 1.52 bits per heavy atom.